The van der Waals surface area contributed by atoms with E-state index in [1.54, 1.807) is 7.05 Å². The second-order valence-corrected chi connectivity index (χ2v) is 6.87. The Morgan fingerprint density at radius 2 is 2.17 bits per heavy atom. The molecule has 0 atom stereocenters. The molecule has 2 heterocycles. The molecule has 0 fully saturated rings. The standard InChI is InChI=1S/C10H14N4O2S2/c1-7-8(2)17-9(13-7)6-12-18(15,16)10-4-5-11-14(10)3/h4-5,12H,6H2,1-3H3. The molecular weight excluding hydrogens is 272 g/mol. The first-order valence-corrected chi connectivity index (χ1v) is 7.60. The van der Waals surface area contributed by atoms with E-state index in [1.807, 2.05) is 13.8 Å². The van der Waals surface area contributed by atoms with E-state index in [2.05, 4.69) is 14.8 Å². The molecule has 0 saturated carbocycles. The van der Waals surface area contributed by atoms with Crippen LogP contribution in [0.25, 0.3) is 0 Å². The molecule has 0 radical (unpaired) electrons. The number of hydrogen-bond donors (Lipinski definition) is 1. The van der Waals surface area contributed by atoms with Crippen LogP contribution in [-0.4, -0.2) is 23.2 Å². The van der Waals surface area contributed by atoms with Gasteiger partial charge in [-0.25, -0.2) is 18.1 Å². The van der Waals surface area contributed by atoms with Crippen molar-refractivity contribution in [1.29, 1.82) is 0 Å². The van der Waals surface area contributed by atoms with Crippen molar-refractivity contribution < 1.29 is 8.42 Å². The Morgan fingerprint density at radius 3 is 2.67 bits per heavy atom. The van der Waals surface area contributed by atoms with Gasteiger partial charge >= 0.3 is 0 Å². The van der Waals surface area contributed by atoms with E-state index in [0.717, 1.165) is 15.6 Å². The SMILES string of the molecule is Cc1nc(CNS(=O)(=O)c2ccnn2C)sc1C. The van der Waals surface area contributed by atoms with Crippen molar-refractivity contribution in [3.63, 3.8) is 0 Å². The molecule has 1 N–H and O–H groups in total. The summed E-state index contributed by atoms with van der Waals surface area (Å²) < 4.78 is 27.8. The third-order valence-electron chi connectivity index (χ3n) is 2.54. The number of hydrogen-bond acceptors (Lipinski definition) is 5. The van der Waals surface area contributed by atoms with E-state index in [1.165, 1.54) is 28.3 Å². The summed E-state index contributed by atoms with van der Waals surface area (Å²) in [6.07, 6.45) is 1.45. The van der Waals surface area contributed by atoms with E-state index >= 15 is 0 Å². The van der Waals surface area contributed by atoms with Crippen LogP contribution in [-0.2, 0) is 23.6 Å². The molecule has 18 heavy (non-hydrogen) atoms. The fraction of sp³-hybridized carbons (Fsp3) is 0.400. The predicted octanol–water partition coefficient (Wildman–Crippen LogP) is 0.972. The third-order valence-corrected chi connectivity index (χ3v) is 5.09. The Bertz CT molecular complexity index is 638. The molecule has 0 saturated heterocycles. The first-order valence-electron chi connectivity index (χ1n) is 5.31. The van der Waals surface area contributed by atoms with Crippen LogP contribution in [0.2, 0.25) is 0 Å². The van der Waals surface area contributed by atoms with Crippen LogP contribution in [0.3, 0.4) is 0 Å². The van der Waals surface area contributed by atoms with Crippen molar-refractivity contribution in [3.05, 3.63) is 27.8 Å². The van der Waals surface area contributed by atoms with Gasteiger partial charge in [-0.2, -0.15) is 5.10 Å². The summed E-state index contributed by atoms with van der Waals surface area (Å²) in [4.78, 5) is 5.39. The summed E-state index contributed by atoms with van der Waals surface area (Å²) in [5, 5.41) is 4.75. The van der Waals surface area contributed by atoms with Gasteiger partial charge in [0.25, 0.3) is 10.0 Å². The highest BCUT2D eigenvalue weighted by molar-refractivity contribution is 7.89. The number of rotatable bonds is 4. The van der Waals surface area contributed by atoms with Crippen LogP contribution in [0.4, 0.5) is 0 Å². The fourth-order valence-corrected chi connectivity index (χ4v) is 3.55. The van der Waals surface area contributed by atoms with Crippen molar-refractivity contribution in [2.75, 3.05) is 0 Å². The zero-order valence-corrected chi connectivity index (χ0v) is 12.0. The summed E-state index contributed by atoms with van der Waals surface area (Å²) in [6, 6.07) is 1.46. The van der Waals surface area contributed by atoms with E-state index in [-0.39, 0.29) is 11.6 Å². The second kappa shape index (κ2) is 4.79. The summed E-state index contributed by atoms with van der Waals surface area (Å²) in [5.41, 5.74) is 0.940. The number of nitrogens with zero attached hydrogens (tertiary/aromatic N) is 3. The van der Waals surface area contributed by atoms with Crippen molar-refractivity contribution in [3.8, 4) is 0 Å². The van der Waals surface area contributed by atoms with E-state index in [4.69, 9.17) is 0 Å². The lowest BCUT2D eigenvalue weighted by Crippen LogP contribution is -2.25. The van der Waals surface area contributed by atoms with Crippen LogP contribution in [0, 0.1) is 13.8 Å². The summed E-state index contributed by atoms with van der Waals surface area (Å²) in [7, 11) is -1.94. The second-order valence-electron chi connectivity index (χ2n) is 3.87. The van der Waals surface area contributed by atoms with Crippen LogP contribution in [0.15, 0.2) is 17.3 Å². The van der Waals surface area contributed by atoms with Crippen LogP contribution in [0.5, 0.6) is 0 Å². The summed E-state index contributed by atoms with van der Waals surface area (Å²) in [6.45, 7) is 4.07. The van der Waals surface area contributed by atoms with Crippen LogP contribution >= 0.6 is 11.3 Å². The van der Waals surface area contributed by atoms with Crippen molar-refractivity contribution >= 4 is 21.4 Å². The van der Waals surface area contributed by atoms with Gasteiger partial charge in [0.15, 0.2) is 5.03 Å². The number of aryl methyl sites for hydroxylation is 3. The summed E-state index contributed by atoms with van der Waals surface area (Å²) in [5.74, 6) is 0. The van der Waals surface area contributed by atoms with Gasteiger partial charge in [-0.15, -0.1) is 11.3 Å². The van der Waals surface area contributed by atoms with Crippen LogP contribution in [0.1, 0.15) is 15.6 Å². The normalized spacial score (nSPS) is 11.9. The lowest BCUT2D eigenvalue weighted by Gasteiger charge is -2.04. The lowest BCUT2D eigenvalue weighted by molar-refractivity contribution is 0.562. The average Bonchev–Trinajstić information content (AvgIpc) is 2.84. The largest absolute Gasteiger partial charge is 0.258 e. The van der Waals surface area contributed by atoms with E-state index in [9.17, 15) is 8.42 Å². The Balaban J connectivity index is 2.13. The van der Waals surface area contributed by atoms with Gasteiger partial charge in [0.1, 0.15) is 5.01 Å². The summed E-state index contributed by atoms with van der Waals surface area (Å²) >= 11 is 1.50. The molecule has 2 rings (SSSR count). The number of aromatic nitrogens is 3. The van der Waals surface area contributed by atoms with Gasteiger partial charge in [0.05, 0.1) is 18.4 Å². The smallest absolute Gasteiger partial charge is 0.256 e. The number of nitrogens with one attached hydrogen (secondary N) is 1. The maximum atomic E-state index is 12.0. The van der Waals surface area contributed by atoms with Crippen molar-refractivity contribution in [1.82, 2.24) is 19.5 Å². The molecule has 8 heteroatoms. The molecule has 0 aliphatic rings. The Morgan fingerprint density at radius 1 is 1.44 bits per heavy atom. The molecule has 0 bridgehead atoms. The highest BCUT2D eigenvalue weighted by Crippen LogP contribution is 2.17. The first kappa shape index (κ1) is 13.2. The molecular formula is C10H14N4O2S2. The maximum absolute atomic E-state index is 12.0. The van der Waals surface area contributed by atoms with E-state index in [0.29, 0.717) is 0 Å². The number of thiazole rings is 1. The molecule has 2 aromatic rings. The molecule has 0 aliphatic carbocycles. The minimum absolute atomic E-state index is 0.146. The zero-order chi connectivity index (χ0) is 13.3. The first-order chi connectivity index (χ1) is 8.40. The van der Waals surface area contributed by atoms with Crippen molar-refractivity contribution in [2.45, 2.75) is 25.4 Å². The topological polar surface area (TPSA) is 76.9 Å². The van der Waals surface area contributed by atoms with Gasteiger partial charge in [-0.05, 0) is 19.9 Å². The molecule has 2 aromatic heterocycles. The van der Waals surface area contributed by atoms with Crippen LogP contribution < -0.4 is 4.72 Å². The Labute approximate surface area is 110 Å². The highest BCUT2D eigenvalue weighted by Gasteiger charge is 2.18. The minimum Gasteiger partial charge on any atom is -0.256 e. The number of sulfonamides is 1. The maximum Gasteiger partial charge on any atom is 0.258 e. The highest BCUT2D eigenvalue weighted by atomic mass is 32.2. The molecule has 0 spiro atoms. The van der Waals surface area contributed by atoms with Gasteiger partial charge in [0.2, 0.25) is 0 Å². The van der Waals surface area contributed by atoms with Gasteiger partial charge in [-0.3, -0.25) is 4.68 Å². The monoisotopic (exact) mass is 286 g/mol. The van der Waals surface area contributed by atoms with E-state index < -0.39 is 10.0 Å². The fourth-order valence-electron chi connectivity index (χ4n) is 1.47. The Hall–Kier alpha value is -1.25. The molecule has 0 unspecified atom stereocenters. The lowest BCUT2D eigenvalue weighted by atomic mass is 10.4. The molecule has 98 valence electrons. The van der Waals surface area contributed by atoms with Gasteiger partial charge < -0.3 is 0 Å². The average molecular weight is 286 g/mol. The van der Waals surface area contributed by atoms with Crippen molar-refractivity contribution in [2.24, 2.45) is 7.05 Å². The molecule has 0 aromatic carbocycles. The quantitative estimate of drug-likeness (QED) is 0.908. The minimum atomic E-state index is -3.53. The predicted molar refractivity (Wildman–Crippen MR) is 68.8 cm³/mol. The van der Waals surface area contributed by atoms with Gasteiger partial charge in [-0.1, -0.05) is 0 Å². The molecule has 0 aliphatic heterocycles. The van der Waals surface area contributed by atoms with Gasteiger partial charge in [0, 0.05) is 11.9 Å². The molecule has 0 amide bonds. The third kappa shape index (κ3) is 2.60. The molecule has 6 nitrogen and oxygen atoms in total. The Kier molecular flexibility index (Phi) is 3.51. The zero-order valence-electron chi connectivity index (χ0n) is 10.3.